The van der Waals surface area contributed by atoms with Gasteiger partial charge < -0.3 is 11.1 Å². The Balaban J connectivity index is 2.20. The molecule has 0 aromatic heterocycles. The maximum Gasteiger partial charge on any atom is 0.224 e. The molecule has 0 heterocycles. The Bertz CT molecular complexity index is 344. The van der Waals surface area contributed by atoms with Gasteiger partial charge in [0.05, 0.1) is 11.3 Å². The Morgan fingerprint density at radius 3 is 2.37 bits per heavy atom. The Kier molecular flexibility index (Phi) is 4.48. The summed E-state index contributed by atoms with van der Waals surface area (Å²) in [5.74, 6) is 0.197. The van der Waals surface area contributed by atoms with Crippen LogP contribution in [0.1, 0.15) is 58.3 Å². The Hall–Kier alpha value is -1.06. The summed E-state index contributed by atoms with van der Waals surface area (Å²) in [6.07, 6.45) is 8.01. The largest absolute Gasteiger partial charge is 0.369 e. The molecule has 2 aliphatic carbocycles. The van der Waals surface area contributed by atoms with E-state index in [0.29, 0.717) is 12.5 Å². The molecule has 0 saturated heterocycles. The van der Waals surface area contributed by atoms with E-state index in [0.717, 1.165) is 38.5 Å². The van der Waals surface area contributed by atoms with Crippen LogP contribution in [0.15, 0.2) is 0 Å². The van der Waals surface area contributed by atoms with Gasteiger partial charge in [-0.25, -0.2) is 0 Å². The number of amides is 2. The van der Waals surface area contributed by atoms with Gasteiger partial charge in [0, 0.05) is 6.54 Å². The van der Waals surface area contributed by atoms with Gasteiger partial charge in [-0.2, -0.15) is 0 Å². The molecule has 1 unspecified atom stereocenters. The molecule has 0 radical (unpaired) electrons. The summed E-state index contributed by atoms with van der Waals surface area (Å²) < 4.78 is 0. The van der Waals surface area contributed by atoms with E-state index in [1.165, 1.54) is 12.8 Å². The second kappa shape index (κ2) is 5.93. The minimum Gasteiger partial charge on any atom is -0.369 e. The average Bonchev–Trinajstić information content (AvgIpc) is 3.20. The second-order valence-electron chi connectivity index (χ2n) is 6.21. The van der Waals surface area contributed by atoms with Gasteiger partial charge in [-0.1, -0.05) is 32.1 Å². The lowest BCUT2D eigenvalue weighted by atomic mass is 9.63. The highest BCUT2D eigenvalue weighted by atomic mass is 16.2. The zero-order valence-electron chi connectivity index (χ0n) is 11.9. The minimum absolute atomic E-state index is 0.0371. The highest BCUT2D eigenvalue weighted by Gasteiger charge is 2.49. The summed E-state index contributed by atoms with van der Waals surface area (Å²) in [6.45, 7) is 2.54. The van der Waals surface area contributed by atoms with E-state index in [1.54, 1.807) is 0 Å². The zero-order chi connectivity index (χ0) is 13.9. The van der Waals surface area contributed by atoms with E-state index >= 15 is 0 Å². The van der Waals surface area contributed by atoms with Gasteiger partial charge in [0.15, 0.2) is 0 Å². The van der Waals surface area contributed by atoms with Gasteiger partial charge in [0.1, 0.15) is 0 Å². The summed E-state index contributed by atoms with van der Waals surface area (Å²) in [6, 6.07) is 0. The lowest BCUT2D eigenvalue weighted by Gasteiger charge is -2.40. The lowest BCUT2D eigenvalue weighted by Crippen LogP contribution is -2.50. The average molecular weight is 266 g/mol. The number of nitrogens with two attached hydrogens (primary N) is 1. The standard InChI is InChI=1S/C15H26N2O2/c1-2-17-13(18)12(10-11-6-7-11)15(14(16)19)8-4-3-5-9-15/h11-12H,2-10H2,1H3,(H2,16,19)(H,17,18). The first kappa shape index (κ1) is 14.4. The molecule has 0 aromatic carbocycles. The SMILES string of the molecule is CCNC(=O)C(CC1CC1)C1(C(N)=O)CCCCC1. The normalized spacial score (nSPS) is 23.6. The number of primary amides is 1. The van der Waals surface area contributed by atoms with Crippen LogP contribution in [0.4, 0.5) is 0 Å². The van der Waals surface area contributed by atoms with Gasteiger partial charge in [-0.3, -0.25) is 9.59 Å². The quantitative estimate of drug-likeness (QED) is 0.771. The van der Waals surface area contributed by atoms with Crippen LogP contribution < -0.4 is 11.1 Å². The van der Waals surface area contributed by atoms with E-state index in [4.69, 9.17) is 5.73 Å². The van der Waals surface area contributed by atoms with Crippen LogP contribution in [-0.4, -0.2) is 18.4 Å². The van der Waals surface area contributed by atoms with Crippen molar-refractivity contribution < 1.29 is 9.59 Å². The molecule has 2 fully saturated rings. The fourth-order valence-corrected chi connectivity index (χ4v) is 3.52. The number of carbonyl (C=O) groups is 2. The van der Waals surface area contributed by atoms with Crippen molar-refractivity contribution in [2.45, 2.75) is 58.3 Å². The molecule has 4 nitrogen and oxygen atoms in total. The molecule has 0 aliphatic heterocycles. The van der Waals surface area contributed by atoms with Gasteiger partial charge in [0.25, 0.3) is 0 Å². The first-order valence-electron chi connectivity index (χ1n) is 7.68. The fraction of sp³-hybridized carbons (Fsp3) is 0.867. The fourth-order valence-electron chi connectivity index (χ4n) is 3.52. The highest BCUT2D eigenvalue weighted by Crippen LogP contribution is 2.48. The molecule has 3 N–H and O–H groups in total. The summed E-state index contributed by atoms with van der Waals surface area (Å²) in [5.41, 5.74) is 5.13. The molecule has 0 bridgehead atoms. The van der Waals surface area contributed by atoms with Gasteiger partial charge in [0.2, 0.25) is 11.8 Å². The summed E-state index contributed by atoms with van der Waals surface area (Å²) >= 11 is 0. The molecule has 2 aliphatic rings. The molecule has 0 spiro atoms. The first-order valence-corrected chi connectivity index (χ1v) is 7.68. The van der Waals surface area contributed by atoms with Crippen LogP contribution in [0.5, 0.6) is 0 Å². The topological polar surface area (TPSA) is 72.2 Å². The molecule has 2 amide bonds. The predicted octanol–water partition coefficient (Wildman–Crippen LogP) is 1.97. The lowest BCUT2D eigenvalue weighted by molar-refractivity contribution is -0.143. The molecule has 108 valence electrons. The Morgan fingerprint density at radius 2 is 1.89 bits per heavy atom. The number of rotatable bonds is 6. The Morgan fingerprint density at radius 1 is 1.26 bits per heavy atom. The summed E-state index contributed by atoms with van der Waals surface area (Å²) in [7, 11) is 0. The van der Waals surface area contributed by atoms with Crippen molar-refractivity contribution in [3.8, 4) is 0 Å². The van der Waals surface area contributed by atoms with Crippen molar-refractivity contribution in [3.63, 3.8) is 0 Å². The predicted molar refractivity (Wildman–Crippen MR) is 74.2 cm³/mol. The first-order chi connectivity index (χ1) is 9.10. The molecule has 19 heavy (non-hydrogen) atoms. The number of hydrogen-bond acceptors (Lipinski definition) is 2. The third-order valence-corrected chi connectivity index (χ3v) is 4.84. The molecule has 4 heteroatoms. The molecule has 2 saturated carbocycles. The van der Waals surface area contributed by atoms with Crippen LogP contribution in [0.25, 0.3) is 0 Å². The highest BCUT2D eigenvalue weighted by molar-refractivity contribution is 5.90. The summed E-state index contributed by atoms with van der Waals surface area (Å²) in [4.78, 5) is 24.5. The molecule has 0 aromatic rings. The molecular weight excluding hydrogens is 240 g/mol. The number of hydrogen-bond donors (Lipinski definition) is 2. The van der Waals surface area contributed by atoms with Crippen molar-refractivity contribution in [1.82, 2.24) is 5.32 Å². The maximum atomic E-state index is 12.4. The van der Waals surface area contributed by atoms with Crippen LogP contribution in [0.2, 0.25) is 0 Å². The smallest absolute Gasteiger partial charge is 0.224 e. The van der Waals surface area contributed by atoms with Crippen LogP contribution in [0, 0.1) is 17.3 Å². The second-order valence-corrected chi connectivity index (χ2v) is 6.21. The van der Waals surface area contributed by atoms with Crippen molar-refractivity contribution >= 4 is 11.8 Å². The van der Waals surface area contributed by atoms with E-state index in [2.05, 4.69) is 5.32 Å². The van der Waals surface area contributed by atoms with Crippen LogP contribution in [-0.2, 0) is 9.59 Å². The number of nitrogens with one attached hydrogen (secondary N) is 1. The van der Waals surface area contributed by atoms with Crippen LogP contribution in [0.3, 0.4) is 0 Å². The van der Waals surface area contributed by atoms with E-state index in [-0.39, 0.29) is 17.7 Å². The van der Waals surface area contributed by atoms with Crippen molar-refractivity contribution in [2.24, 2.45) is 23.0 Å². The maximum absolute atomic E-state index is 12.4. The van der Waals surface area contributed by atoms with Gasteiger partial charge >= 0.3 is 0 Å². The molecular formula is C15H26N2O2. The number of carbonyl (C=O) groups excluding carboxylic acids is 2. The third kappa shape index (κ3) is 3.10. The summed E-state index contributed by atoms with van der Waals surface area (Å²) in [5, 5.41) is 2.91. The van der Waals surface area contributed by atoms with Gasteiger partial charge in [-0.05, 0) is 32.1 Å². The van der Waals surface area contributed by atoms with Crippen LogP contribution >= 0.6 is 0 Å². The van der Waals surface area contributed by atoms with Gasteiger partial charge in [-0.15, -0.1) is 0 Å². The minimum atomic E-state index is -0.583. The van der Waals surface area contributed by atoms with E-state index in [9.17, 15) is 9.59 Å². The van der Waals surface area contributed by atoms with E-state index < -0.39 is 5.41 Å². The third-order valence-electron chi connectivity index (χ3n) is 4.84. The van der Waals surface area contributed by atoms with E-state index in [1.807, 2.05) is 6.92 Å². The monoisotopic (exact) mass is 266 g/mol. The molecule has 1 atom stereocenters. The van der Waals surface area contributed by atoms with Crippen molar-refractivity contribution in [1.29, 1.82) is 0 Å². The molecule has 2 rings (SSSR count). The van der Waals surface area contributed by atoms with Crippen molar-refractivity contribution in [2.75, 3.05) is 6.54 Å². The van der Waals surface area contributed by atoms with Crippen molar-refractivity contribution in [3.05, 3.63) is 0 Å². The Labute approximate surface area is 115 Å². The zero-order valence-corrected chi connectivity index (χ0v) is 11.9.